The van der Waals surface area contributed by atoms with Gasteiger partial charge in [0.2, 0.25) is 0 Å². The van der Waals surface area contributed by atoms with Crippen LogP contribution in [0.5, 0.6) is 0 Å². The summed E-state index contributed by atoms with van der Waals surface area (Å²) in [5, 5.41) is 8.37. The first-order valence-electron chi connectivity index (χ1n) is 11.1. The number of carbonyl (C=O) groups is 1. The van der Waals surface area contributed by atoms with Crippen molar-refractivity contribution in [3.05, 3.63) is 86.2 Å². The molecule has 0 bridgehead atoms. The van der Waals surface area contributed by atoms with Crippen LogP contribution in [0.25, 0.3) is 0 Å². The molecule has 6 nitrogen and oxygen atoms in total. The number of aryl methyl sites for hydroxylation is 3. The number of aromatic nitrogens is 3. The maximum atomic E-state index is 12.4. The van der Waals surface area contributed by atoms with Crippen molar-refractivity contribution in [2.24, 2.45) is 0 Å². The van der Waals surface area contributed by atoms with Crippen molar-refractivity contribution >= 4 is 21.9 Å². The molecule has 0 atom stereocenters. The fraction of sp³-hybridized carbons (Fsp3) is 0.320. The Bertz CT molecular complexity index is 1380. The Morgan fingerprint density at radius 3 is 1.59 bits per heavy atom. The second-order valence-electron chi connectivity index (χ2n) is 7.91. The Kier molecular flexibility index (Phi) is 12.3. The van der Waals surface area contributed by atoms with E-state index >= 15 is 0 Å². The minimum atomic E-state index is -4.49. The molecule has 3 rings (SSSR count). The highest BCUT2D eigenvalue weighted by atomic mass is 79.9. The van der Waals surface area contributed by atoms with Crippen LogP contribution in [0.3, 0.4) is 0 Å². The number of hydrogen-bond donors (Lipinski definition) is 0. The molecular formula is C25H20BrF9N4O2. The minimum Gasteiger partial charge on any atom is -0.461 e. The summed E-state index contributed by atoms with van der Waals surface area (Å²) >= 11 is 2.89. The number of pyridine rings is 3. The van der Waals surface area contributed by atoms with Gasteiger partial charge in [0.05, 0.1) is 23.3 Å². The standard InChI is InChI=1S/C10H10F3NO2.C8H5F3N2.C7H5BrF3N/c1-3-16-9(15)8-5-7(10(11,12)13)4-6(2)14-8;1-5-2-6(8(9,10)11)3-7(4-12)13-5;1-4-2-5(7(9,10)11)3-6(8)12-4/h4-5H,3H2,1-2H3;2-3H,1H3;2-3H,1H3. The molecule has 41 heavy (non-hydrogen) atoms. The van der Waals surface area contributed by atoms with E-state index in [9.17, 15) is 44.3 Å². The SMILES string of the molecule is CCOC(=O)c1cc(C(F)(F)F)cc(C)n1.Cc1cc(C(F)(F)F)cc(Br)n1.Cc1cc(C(F)(F)F)cc(C#N)n1. The van der Waals surface area contributed by atoms with Gasteiger partial charge < -0.3 is 4.74 Å². The summed E-state index contributed by atoms with van der Waals surface area (Å²) in [5.41, 5.74) is -2.30. The first kappa shape index (κ1) is 35.3. The zero-order valence-electron chi connectivity index (χ0n) is 21.6. The van der Waals surface area contributed by atoms with E-state index in [0.29, 0.717) is 11.8 Å². The summed E-state index contributed by atoms with van der Waals surface area (Å²) < 4.78 is 115. The van der Waals surface area contributed by atoms with Crippen molar-refractivity contribution in [3.8, 4) is 6.07 Å². The van der Waals surface area contributed by atoms with E-state index in [1.54, 1.807) is 13.0 Å². The van der Waals surface area contributed by atoms with Crippen molar-refractivity contribution < 1.29 is 49.0 Å². The molecule has 0 amide bonds. The van der Waals surface area contributed by atoms with Gasteiger partial charge in [-0.1, -0.05) is 0 Å². The molecule has 3 heterocycles. The molecular weight excluding hydrogens is 639 g/mol. The third kappa shape index (κ3) is 12.1. The van der Waals surface area contributed by atoms with Gasteiger partial charge >= 0.3 is 24.5 Å². The normalized spacial score (nSPS) is 11.3. The molecule has 0 radical (unpaired) electrons. The van der Waals surface area contributed by atoms with Gasteiger partial charge in [-0.25, -0.2) is 19.7 Å². The minimum absolute atomic E-state index is 0.0931. The van der Waals surface area contributed by atoms with Crippen molar-refractivity contribution in [2.45, 2.75) is 46.2 Å². The summed E-state index contributed by atoms with van der Waals surface area (Å²) in [6, 6.07) is 6.72. The number of rotatable bonds is 2. The molecule has 0 saturated heterocycles. The fourth-order valence-corrected chi connectivity index (χ4v) is 3.35. The zero-order chi connectivity index (χ0) is 31.8. The summed E-state index contributed by atoms with van der Waals surface area (Å²) in [6.45, 7) is 5.97. The molecule has 0 aliphatic rings. The number of carbonyl (C=O) groups excluding carboxylic acids is 1. The van der Waals surface area contributed by atoms with Crippen LogP contribution in [-0.4, -0.2) is 27.5 Å². The monoisotopic (exact) mass is 658 g/mol. The summed E-state index contributed by atoms with van der Waals surface area (Å²) in [7, 11) is 0. The van der Waals surface area contributed by atoms with E-state index in [0.717, 1.165) is 30.3 Å². The number of ether oxygens (including phenoxy) is 1. The van der Waals surface area contributed by atoms with Crippen LogP contribution in [0.15, 0.2) is 41.0 Å². The summed E-state index contributed by atoms with van der Waals surface area (Å²) in [4.78, 5) is 22.3. The molecule has 16 heteroatoms. The smallest absolute Gasteiger partial charge is 0.416 e. The van der Waals surface area contributed by atoms with E-state index in [-0.39, 0.29) is 34.0 Å². The van der Waals surface area contributed by atoms with E-state index in [4.69, 9.17) is 5.26 Å². The van der Waals surface area contributed by atoms with Gasteiger partial charge in [-0.15, -0.1) is 0 Å². The Hall–Kier alpha value is -3.74. The van der Waals surface area contributed by atoms with Gasteiger partial charge in [-0.3, -0.25) is 0 Å². The maximum Gasteiger partial charge on any atom is 0.416 e. The molecule has 222 valence electrons. The molecule has 0 aliphatic carbocycles. The van der Waals surface area contributed by atoms with Crippen LogP contribution in [0, 0.1) is 32.1 Å². The average Bonchev–Trinajstić information content (AvgIpc) is 2.82. The molecule has 0 aromatic carbocycles. The largest absolute Gasteiger partial charge is 0.461 e. The van der Waals surface area contributed by atoms with Crippen LogP contribution in [-0.2, 0) is 23.3 Å². The van der Waals surface area contributed by atoms with Gasteiger partial charge in [0, 0.05) is 17.1 Å². The number of nitriles is 1. The number of alkyl halides is 9. The zero-order valence-corrected chi connectivity index (χ0v) is 23.1. The second kappa shape index (κ2) is 14.2. The Labute approximate surface area is 236 Å². The lowest BCUT2D eigenvalue weighted by molar-refractivity contribution is -0.138. The van der Waals surface area contributed by atoms with E-state index in [1.165, 1.54) is 20.8 Å². The van der Waals surface area contributed by atoms with Gasteiger partial charge in [-0.05, 0) is 80.0 Å². The number of esters is 1. The summed E-state index contributed by atoms with van der Waals surface area (Å²) in [6.07, 6.45) is -13.2. The van der Waals surface area contributed by atoms with Gasteiger partial charge in [-0.2, -0.15) is 44.8 Å². The van der Waals surface area contributed by atoms with Crippen molar-refractivity contribution in [3.63, 3.8) is 0 Å². The number of nitrogens with zero attached hydrogens (tertiary/aromatic N) is 4. The summed E-state index contributed by atoms with van der Waals surface area (Å²) in [5.74, 6) is -0.850. The lowest BCUT2D eigenvalue weighted by atomic mass is 10.2. The van der Waals surface area contributed by atoms with Crippen LogP contribution in [0.4, 0.5) is 39.5 Å². The highest BCUT2D eigenvalue weighted by molar-refractivity contribution is 9.10. The van der Waals surface area contributed by atoms with E-state index in [2.05, 4.69) is 35.6 Å². The molecule has 0 spiro atoms. The number of halogens is 10. The first-order chi connectivity index (χ1) is 18.7. The molecule has 0 aliphatic heterocycles. The second-order valence-corrected chi connectivity index (χ2v) is 8.72. The highest BCUT2D eigenvalue weighted by Crippen LogP contribution is 2.32. The predicted molar refractivity (Wildman–Crippen MR) is 130 cm³/mol. The average molecular weight is 659 g/mol. The predicted octanol–water partition coefficient (Wildman–Crippen LogP) is 8.04. The lowest BCUT2D eigenvalue weighted by Gasteiger charge is -2.09. The van der Waals surface area contributed by atoms with E-state index in [1.807, 2.05) is 0 Å². The molecule has 0 saturated carbocycles. The van der Waals surface area contributed by atoms with Gasteiger partial charge in [0.15, 0.2) is 0 Å². The topological polar surface area (TPSA) is 88.8 Å². The molecule has 3 aromatic heterocycles. The highest BCUT2D eigenvalue weighted by Gasteiger charge is 2.33. The Balaban J connectivity index is 0.000000311. The van der Waals surface area contributed by atoms with Crippen molar-refractivity contribution in [1.29, 1.82) is 5.26 Å². The Morgan fingerprint density at radius 2 is 1.17 bits per heavy atom. The third-order valence-corrected chi connectivity index (χ3v) is 4.82. The van der Waals surface area contributed by atoms with Crippen LogP contribution in [0.1, 0.15) is 56.9 Å². The van der Waals surface area contributed by atoms with Gasteiger partial charge in [0.1, 0.15) is 22.1 Å². The lowest BCUT2D eigenvalue weighted by Crippen LogP contribution is -2.12. The van der Waals surface area contributed by atoms with Gasteiger partial charge in [0.25, 0.3) is 0 Å². The molecule has 3 aromatic rings. The van der Waals surface area contributed by atoms with Crippen LogP contribution in [0.2, 0.25) is 0 Å². The van der Waals surface area contributed by atoms with Crippen LogP contribution < -0.4 is 0 Å². The molecule has 0 N–H and O–H groups in total. The first-order valence-corrected chi connectivity index (χ1v) is 11.9. The quantitative estimate of drug-likeness (QED) is 0.157. The molecule has 0 fully saturated rings. The maximum absolute atomic E-state index is 12.4. The van der Waals surface area contributed by atoms with Crippen molar-refractivity contribution in [2.75, 3.05) is 6.61 Å². The van der Waals surface area contributed by atoms with Crippen molar-refractivity contribution in [1.82, 2.24) is 15.0 Å². The number of hydrogen-bond acceptors (Lipinski definition) is 6. The third-order valence-electron chi connectivity index (χ3n) is 4.41. The molecule has 0 unspecified atom stereocenters. The fourth-order valence-electron chi connectivity index (χ4n) is 2.82. The Morgan fingerprint density at radius 1 is 0.756 bits per heavy atom. The van der Waals surface area contributed by atoms with E-state index < -0.39 is 41.2 Å². The van der Waals surface area contributed by atoms with Crippen LogP contribution >= 0.6 is 15.9 Å².